The average Bonchev–Trinajstić information content (AvgIpc) is 2.96. The second-order valence-electron chi connectivity index (χ2n) is 6.08. The normalized spacial score (nSPS) is 17.5. The van der Waals surface area contributed by atoms with E-state index in [4.69, 9.17) is 9.47 Å². The summed E-state index contributed by atoms with van der Waals surface area (Å²) in [4.78, 5) is 12.8. The Labute approximate surface area is 151 Å². The molecule has 130 valence electrons. The number of anilines is 1. The molecule has 0 spiro atoms. The number of hydrogen-bond acceptors (Lipinski definition) is 4. The van der Waals surface area contributed by atoms with Crippen LogP contribution in [0, 0.1) is 0 Å². The van der Waals surface area contributed by atoms with Gasteiger partial charge in [0.2, 0.25) is 0 Å². The Morgan fingerprint density at radius 1 is 1.15 bits per heavy atom. The van der Waals surface area contributed by atoms with Crippen LogP contribution in [-0.2, 0) is 4.79 Å². The van der Waals surface area contributed by atoms with Crippen LogP contribution in [0.1, 0.15) is 12.5 Å². The maximum Gasteiger partial charge on any atom is 0.280 e. The number of nitrogens with zero attached hydrogens (tertiary/aromatic N) is 2. The van der Waals surface area contributed by atoms with Crippen molar-refractivity contribution in [1.29, 1.82) is 0 Å². The van der Waals surface area contributed by atoms with Crippen LogP contribution in [0.3, 0.4) is 0 Å². The summed E-state index contributed by atoms with van der Waals surface area (Å²) >= 11 is 0. The van der Waals surface area contributed by atoms with Crippen LogP contribution in [0.4, 0.5) is 5.69 Å². The average molecular weight is 346 g/mol. The zero-order valence-electron chi connectivity index (χ0n) is 14.6. The highest BCUT2D eigenvalue weighted by atomic mass is 16.5. The first kappa shape index (κ1) is 16.1. The molecule has 0 bridgehead atoms. The van der Waals surface area contributed by atoms with Gasteiger partial charge in [-0.25, -0.2) is 0 Å². The molecule has 0 fully saturated rings. The first-order valence-corrected chi connectivity index (χ1v) is 8.34. The number of benzene rings is 2. The molecular formula is C21H18N2O3. The molecule has 0 aromatic heterocycles. The number of methoxy groups -OCH3 is 1. The van der Waals surface area contributed by atoms with E-state index in [1.165, 1.54) is 5.01 Å². The highest BCUT2D eigenvalue weighted by Crippen LogP contribution is 2.36. The van der Waals surface area contributed by atoms with E-state index in [0.717, 1.165) is 22.6 Å². The molecule has 2 aromatic rings. The largest absolute Gasteiger partial charge is 0.493 e. The summed E-state index contributed by atoms with van der Waals surface area (Å²) < 4.78 is 11.2. The summed E-state index contributed by atoms with van der Waals surface area (Å²) in [6, 6.07) is 15.2. The van der Waals surface area contributed by atoms with E-state index in [9.17, 15) is 4.79 Å². The molecule has 0 atom stereocenters. The van der Waals surface area contributed by atoms with Gasteiger partial charge in [0.1, 0.15) is 6.61 Å². The minimum absolute atomic E-state index is 0.133. The molecule has 0 saturated carbocycles. The molecule has 0 radical (unpaired) electrons. The molecule has 4 rings (SSSR count). The second kappa shape index (κ2) is 6.52. The SMILES string of the molecule is COc1cccc2c1OCC(C=C1C(=O)N(c3ccccc3)N=C1C)=C2. The molecule has 0 saturated heterocycles. The fourth-order valence-corrected chi connectivity index (χ4v) is 3.06. The first-order valence-electron chi connectivity index (χ1n) is 8.34. The van der Waals surface area contributed by atoms with Gasteiger partial charge >= 0.3 is 0 Å². The number of ether oxygens (including phenoxy) is 2. The highest BCUT2D eigenvalue weighted by Gasteiger charge is 2.29. The van der Waals surface area contributed by atoms with Crippen LogP contribution < -0.4 is 14.5 Å². The fourth-order valence-electron chi connectivity index (χ4n) is 3.06. The monoisotopic (exact) mass is 346 g/mol. The van der Waals surface area contributed by atoms with E-state index in [0.29, 0.717) is 23.6 Å². The fraction of sp³-hybridized carbons (Fsp3) is 0.143. The lowest BCUT2D eigenvalue weighted by Crippen LogP contribution is -2.21. The quantitative estimate of drug-likeness (QED) is 0.794. The Bertz CT molecular complexity index is 958. The number of carbonyl (C=O) groups is 1. The van der Waals surface area contributed by atoms with Crippen LogP contribution in [-0.4, -0.2) is 25.3 Å². The third-order valence-electron chi connectivity index (χ3n) is 4.35. The first-order chi connectivity index (χ1) is 12.7. The van der Waals surface area contributed by atoms with Crippen molar-refractivity contribution in [2.45, 2.75) is 6.92 Å². The summed E-state index contributed by atoms with van der Waals surface area (Å²) in [6.07, 6.45) is 3.87. The number of hydrazone groups is 1. The second-order valence-corrected chi connectivity index (χ2v) is 6.08. The van der Waals surface area contributed by atoms with Crippen LogP contribution >= 0.6 is 0 Å². The van der Waals surface area contributed by atoms with Crippen molar-refractivity contribution >= 4 is 23.4 Å². The minimum Gasteiger partial charge on any atom is -0.493 e. The lowest BCUT2D eigenvalue weighted by molar-refractivity contribution is -0.114. The molecule has 1 amide bonds. The molecule has 2 aliphatic heterocycles. The summed E-state index contributed by atoms with van der Waals surface area (Å²) in [5.41, 5.74) is 3.87. The van der Waals surface area contributed by atoms with Crippen LogP contribution in [0.5, 0.6) is 11.5 Å². The van der Waals surface area contributed by atoms with E-state index in [-0.39, 0.29) is 5.91 Å². The molecule has 0 aliphatic carbocycles. The maximum atomic E-state index is 12.8. The van der Waals surface area contributed by atoms with Gasteiger partial charge in [-0.05, 0) is 42.8 Å². The van der Waals surface area contributed by atoms with Gasteiger partial charge in [0.25, 0.3) is 5.91 Å². The van der Waals surface area contributed by atoms with Crippen molar-refractivity contribution in [3.8, 4) is 11.5 Å². The molecule has 2 aliphatic rings. The number of para-hydroxylation sites is 2. The molecule has 26 heavy (non-hydrogen) atoms. The minimum atomic E-state index is -0.133. The zero-order chi connectivity index (χ0) is 18.1. The van der Waals surface area contributed by atoms with Crippen molar-refractivity contribution in [3.63, 3.8) is 0 Å². The van der Waals surface area contributed by atoms with Crippen molar-refractivity contribution in [3.05, 3.63) is 71.3 Å². The van der Waals surface area contributed by atoms with Crippen molar-refractivity contribution < 1.29 is 14.3 Å². The van der Waals surface area contributed by atoms with Gasteiger partial charge in [-0.2, -0.15) is 10.1 Å². The van der Waals surface area contributed by atoms with Crippen molar-refractivity contribution in [1.82, 2.24) is 0 Å². The Balaban J connectivity index is 1.66. The standard InChI is InChI=1S/C21H18N2O3/c1-14-18(21(24)23(22-14)17-8-4-3-5-9-17)12-15-11-16-7-6-10-19(25-2)20(16)26-13-15/h3-12H,13H2,1-2H3. The van der Waals surface area contributed by atoms with E-state index < -0.39 is 0 Å². The predicted molar refractivity (Wildman–Crippen MR) is 102 cm³/mol. The molecule has 5 nitrogen and oxygen atoms in total. The summed E-state index contributed by atoms with van der Waals surface area (Å²) in [5.74, 6) is 1.30. The van der Waals surface area contributed by atoms with Gasteiger partial charge in [-0.15, -0.1) is 0 Å². The molecule has 5 heteroatoms. The van der Waals surface area contributed by atoms with E-state index in [2.05, 4.69) is 5.10 Å². The summed E-state index contributed by atoms with van der Waals surface area (Å²) in [5, 5.41) is 5.84. The Hall–Kier alpha value is -3.34. The Kier molecular flexibility index (Phi) is 4.05. The molecule has 2 heterocycles. The van der Waals surface area contributed by atoms with E-state index in [1.54, 1.807) is 7.11 Å². The third kappa shape index (κ3) is 2.77. The summed E-state index contributed by atoms with van der Waals surface area (Å²) in [7, 11) is 1.62. The van der Waals surface area contributed by atoms with Gasteiger partial charge < -0.3 is 9.47 Å². The smallest absolute Gasteiger partial charge is 0.280 e. The van der Waals surface area contributed by atoms with Crippen LogP contribution in [0.15, 0.2) is 70.9 Å². The van der Waals surface area contributed by atoms with Gasteiger partial charge in [0.15, 0.2) is 11.5 Å². The van der Waals surface area contributed by atoms with E-state index >= 15 is 0 Å². The summed E-state index contributed by atoms with van der Waals surface area (Å²) in [6.45, 7) is 2.22. The van der Waals surface area contributed by atoms with Crippen LogP contribution in [0.2, 0.25) is 0 Å². The van der Waals surface area contributed by atoms with E-state index in [1.807, 2.05) is 67.6 Å². The third-order valence-corrected chi connectivity index (χ3v) is 4.35. The number of amides is 1. The molecular weight excluding hydrogens is 328 g/mol. The molecule has 0 N–H and O–H groups in total. The van der Waals surface area contributed by atoms with Gasteiger partial charge in [-0.3, -0.25) is 4.79 Å². The van der Waals surface area contributed by atoms with Gasteiger partial charge in [0.05, 0.1) is 24.1 Å². The number of hydrogen-bond donors (Lipinski definition) is 0. The Morgan fingerprint density at radius 2 is 1.96 bits per heavy atom. The van der Waals surface area contributed by atoms with Crippen molar-refractivity contribution in [2.24, 2.45) is 5.10 Å². The molecule has 0 unspecified atom stereocenters. The molecule has 2 aromatic carbocycles. The zero-order valence-corrected chi connectivity index (χ0v) is 14.6. The predicted octanol–water partition coefficient (Wildman–Crippen LogP) is 3.82. The maximum absolute atomic E-state index is 12.8. The number of rotatable bonds is 3. The lowest BCUT2D eigenvalue weighted by Gasteiger charge is -2.19. The lowest BCUT2D eigenvalue weighted by atomic mass is 10.0. The number of carbonyl (C=O) groups excluding carboxylic acids is 1. The van der Waals surface area contributed by atoms with Crippen LogP contribution in [0.25, 0.3) is 6.08 Å². The van der Waals surface area contributed by atoms with Gasteiger partial charge in [0, 0.05) is 5.56 Å². The van der Waals surface area contributed by atoms with Gasteiger partial charge in [-0.1, -0.05) is 30.3 Å². The van der Waals surface area contributed by atoms with Crippen molar-refractivity contribution in [2.75, 3.05) is 18.7 Å². The topological polar surface area (TPSA) is 51.1 Å². The number of fused-ring (bicyclic) bond motifs is 1. The highest BCUT2D eigenvalue weighted by molar-refractivity contribution is 6.30. The Morgan fingerprint density at radius 3 is 2.73 bits per heavy atom.